The van der Waals surface area contributed by atoms with Crippen molar-refractivity contribution in [3.63, 3.8) is 0 Å². The molecule has 0 aromatic heterocycles. The van der Waals surface area contributed by atoms with Crippen molar-refractivity contribution in [2.24, 2.45) is 0 Å². The normalized spacial score (nSPS) is 21.2. The molecule has 0 saturated heterocycles. The minimum Gasteiger partial charge on any atom is -0.301 e. The van der Waals surface area contributed by atoms with E-state index in [4.69, 9.17) is 0 Å². The maximum Gasteiger partial charge on any atom is 0.00950 e. The van der Waals surface area contributed by atoms with Gasteiger partial charge in [-0.3, -0.25) is 0 Å². The number of hydrogen-bond donors (Lipinski definition) is 0. The van der Waals surface area contributed by atoms with Crippen LogP contribution in [0.4, 0.5) is 0 Å². The van der Waals surface area contributed by atoms with E-state index in [1.54, 1.807) is 0 Å². The first-order valence-corrected chi connectivity index (χ1v) is 5.62. The lowest BCUT2D eigenvalue weighted by Crippen LogP contribution is -2.34. The molecule has 1 rings (SSSR count). The highest BCUT2D eigenvalue weighted by molar-refractivity contribution is 4.72. The molecule has 0 aromatic carbocycles. The lowest BCUT2D eigenvalue weighted by atomic mass is 10.1. The van der Waals surface area contributed by atoms with Gasteiger partial charge in [-0.15, -0.1) is 0 Å². The van der Waals surface area contributed by atoms with Crippen molar-refractivity contribution in [1.82, 2.24) is 4.90 Å². The molecule has 1 aliphatic carbocycles. The lowest BCUT2D eigenvalue weighted by molar-refractivity contribution is 0.198. The second-order valence-electron chi connectivity index (χ2n) is 3.87. The molecular formula is C11H23N. The summed E-state index contributed by atoms with van der Waals surface area (Å²) in [5.74, 6) is 0. The summed E-state index contributed by atoms with van der Waals surface area (Å²) in [7, 11) is 0. The van der Waals surface area contributed by atoms with Crippen LogP contribution in [0.5, 0.6) is 0 Å². The van der Waals surface area contributed by atoms with Gasteiger partial charge in [-0.25, -0.2) is 0 Å². The molecule has 0 bridgehead atoms. The van der Waals surface area contributed by atoms with Gasteiger partial charge in [0.15, 0.2) is 0 Å². The molecule has 0 N–H and O–H groups in total. The Morgan fingerprint density at radius 3 is 1.83 bits per heavy atom. The van der Waals surface area contributed by atoms with Gasteiger partial charge < -0.3 is 4.90 Å². The lowest BCUT2D eigenvalue weighted by Gasteiger charge is -2.28. The average Bonchev–Trinajstić information content (AvgIpc) is 2.35. The molecule has 1 fully saturated rings. The molecule has 0 atom stereocenters. The van der Waals surface area contributed by atoms with Crippen LogP contribution in [0, 0.1) is 0 Å². The minimum atomic E-state index is 0.905. The fourth-order valence-corrected chi connectivity index (χ4v) is 2.36. The molecular weight excluding hydrogens is 146 g/mol. The van der Waals surface area contributed by atoms with Gasteiger partial charge in [-0.05, 0) is 25.9 Å². The van der Waals surface area contributed by atoms with E-state index in [0.29, 0.717) is 0 Å². The third-order valence-electron chi connectivity index (χ3n) is 3.15. The number of rotatable bonds is 3. The van der Waals surface area contributed by atoms with E-state index in [2.05, 4.69) is 18.7 Å². The van der Waals surface area contributed by atoms with E-state index in [1.807, 2.05) is 0 Å². The zero-order valence-corrected chi connectivity index (χ0v) is 8.68. The first kappa shape index (κ1) is 10.0. The molecule has 12 heavy (non-hydrogen) atoms. The molecule has 0 radical (unpaired) electrons. The Labute approximate surface area is 77.1 Å². The Hall–Kier alpha value is -0.0400. The molecule has 0 aromatic rings. The topological polar surface area (TPSA) is 3.24 Å². The summed E-state index contributed by atoms with van der Waals surface area (Å²) in [5.41, 5.74) is 0. The summed E-state index contributed by atoms with van der Waals surface area (Å²) in [6.45, 7) is 7.05. The summed E-state index contributed by atoms with van der Waals surface area (Å²) < 4.78 is 0. The SMILES string of the molecule is CCN(CC)C1CCCCCC1. The molecule has 1 saturated carbocycles. The van der Waals surface area contributed by atoms with Gasteiger partial charge >= 0.3 is 0 Å². The van der Waals surface area contributed by atoms with E-state index in [9.17, 15) is 0 Å². The average molecular weight is 169 g/mol. The Morgan fingerprint density at radius 1 is 0.917 bits per heavy atom. The molecule has 0 aliphatic heterocycles. The molecule has 0 unspecified atom stereocenters. The van der Waals surface area contributed by atoms with Gasteiger partial charge in [-0.1, -0.05) is 39.5 Å². The Morgan fingerprint density at radius 2 is 1.42 bits per heavy atom. The monoisotopic (exact) mass is 169 g/mol. The predicted octanol–water partition coefficient (Wildman–Crippen LogP) is 3.05. The van der Waals surface area contributed by atoms with Crippen molar-refractivity contribution in [3.8, 4) is 0 Å². The van der Waals surface area contributed by atoms with Gasteiger partial charge in [-0.2, -0.15) is 0 Å². The summed E-state index contributed by atoms with van der Waals surface area (Å²) >= 11 is 0. The predicted molar refractivity (Wildman–Crippen MR) is 54.4 cm³/mol. The molecule has 1 aliphatic rings. The highest BCUT2D eigenvalue weighted by Crippen LogP contribution is 2.21. The van der Waals surface area contributed by atoms with E-state index in [-0.39, 0.29) is 0 Å². The molecule has 0 spiro atoms. The van der Waals surface area contributed by atoms with Gasteiger partial charge in [0.2, 0.25) is 0 Å². The maximum atomic E-state index is 2.63. The second-order valence-corrected chi connectivity index (χ2v) is 3.87. The van der Waals surface area contributed by atoms with Crippen molar-refractivity contribution < 1.29 is 0 Å². The summed E-state index contributed by atoms with van der Waals surface area (Å²) in [5, 5.41) is 0. The number of hydrogen-bond acceptors (Lipinski definition) is 1. The first-order valence-electron chi connectivity index (χ1n) is 5.62. The van der Waals surface area contributed by atoms with Crippen LogP contribution >= 0.6 is 0 Å². The fourth-order valence-electron chi connectivity index (χ4n) is 2.36. The van der Waals surface area contributed by atoms with Crippen molar-refractivity contribution in [1.29, 1.82) is 0 Å². The minimum absolute atomic E-state index is 0.905. The molecule has 72 valence electrons. The molecule has 0 amide bonds. The Kier molecular flexibility index (Phi) is 4.67. The smallest absolute Gasteiger partial charge is 0.00950 e. The quantitative estimate of drug-likeness (QED) is 0.587. The third kappa shape index (κ3) is 2.78. The van der Waals surface area contributed by atoms with Crippen LogP contribution in [0.3, 0.4) is 0 Å². The van der Waals surface area contributed by atoms with Crippen LogP contribution in [0.15, 0.2) is 0 Å². The van der Waals surface area contributed by atoms with Crippen molar-refractivity contribution in [3.05, 3.63) is 0 Å². The largest absolute Gasteiger partial charge is 0.301 e. The molecule has 0 heterocycles. The zero-order chi connectivity index (χ0) is 8.81. The van der Waals surface area contributed by atoms with E-state index < -0.39 is 0 Å². The van der Waals surface area contributed by atoms with Crippen LogP contribution in [0.25, 0.3) is 0 Å². The van der Waals surface area contributed by atoms with Gasteiger partial charge in [0, 0.05) is 6.04 Å². The van der Waals surface area contributed by atoms with Crippen molar-refractivity contribution >= 4 is 0 Å². The van der Waals surface area contributed by atoms with Crippen molar-refractivity contribution in [2.75, 3.05) is 13.1 Å². The highest BCUT2D eigenvalue weighted by Gasteiger charge is 2.16. The van der Waals surface area contributed by atoms with Gasteiger partial charge in [0.1, 0.15) is 0 Å². The van der Waals surface area contributed by atoms with Gasteiger partial charge in [0.05, 0.1) is 0 Å². The van der Waals surface area contributed by atoms with E-state index >= 15 is 0 Å². The van der Waals surface area contributed by atoms with Gasteiger partial charge in [0.25, 0.3) is 0 Å². The van der Waals surface area contributed by atoms with Crippen LogP contribution in [-0.2, 0) is 0 Å². The first-order chi connectivity index (χ1) is 5.88. The Bertz CT molecular complexity index is 99.6. The summed E-state index contributed by atoms with van der Waals surface area (Å²) in [4.78, 5) is 2.63. The Balaban J connectivity index is 2.35. The van der Waals surface area contributed by atoms with Crippen LogP contribution in [0.2, 0.25) is 0 Å². The zero-order valence-electron chi connectivity index (χ0n) is 8.68. The standard InChI is InChI=1S/C11H23N/c1-3-12(4-2)11-9-7-5-6-8-10-11/h11H,3-10H2,1-2H3. The summed E-state index contributed by atoms with van der Waals surface area (Å²) in [6, 6.07) is 0.905. The van der Waals surface area contributed by atoms with Crippen LogP contribution < -0.4 is 0 Å². The van der Waals surface area contributed by atoms with Crippen molar-refractivity contribution in [2.45, 2.75) is 58.4 Å². The maximum absolute atomic E-state index is 2.63. The van der Waals surface area contributed by atoms with Crippen LogP contribution in [0.1, 0.15) is 52.4 Å². The highest BCUT2D eigenvalue weighted by atomic mass is 15.1. The molecule has 1 heteroatoms. The fraction of sp³-hybridized carbons (Fsp3) is 1.00. The van der Waals surface area contributed by atoms with E-state index in [0.717, 1.165) is 6.04 Å². The number of nitrogens with zero attached hydrogens (tertiary/aromatic N) is 1. The summed E-state index contributed by atoms with van der Waals surface area (Å²) in [6.07, 6.45) is 8.75. The van der Waals surface area contributed by atoms with Crippen LogP contribution in [-0.4, -0.2) is 24.0 Å². The second kappa shape index (κ2) is 5.58. The third-order valence-corrected chi connectivity index (χ3v) is 3.15. The molecule has 1 nitrogen and oxygen atoms in total. The van der Waals surface area contributed by atoms with E-state index in [1.165, 1.54) is 51.6 Å².